The molecular formula is C17H28ClN3O2. The SMILES string of the molecule is CCOc1ccc(Cl)cc1CN(C)C(=O)NCC(C)(C)N(C)C. The smallest absolute Gasteiger partial charge is 0.317 e. The lowest BCUT2D eigenvalue weighted by atomic mass is 10.0. The van der Waals surface area contributed by atoms with Crippen LogP contribution in [-0.2, 0) is 6.54 Å². The number of benzene rings is 1. The number of carbonyl (C=O) groups excluding carboxylic acids is 1. The highest BCUT2D eigenvalue weighted by atomic mass is 35.5. The Balaban J connectivity index is 2.70. The molecule has 0 saturated heterocycles. The second-order valence-corrected chi connectivity index (χ2v) is 6.84. The van der Waals surface area contributed by atoms with Crippen molar-refractivity contribution in [2.75, 3.05) is 34.3 Å². The molecular weight excluding hydrogens is 314 g/mol. The first-order valence-corrected chi connectivity index (χ1v) is 8.12. The number of amides is 2. The topological polar surface area (TPSA) is 44.8 Å². The summed E-state index contributed by atoms with van der Waals surface area (Å²) < 4.78 is 5.59. The van der Waals surface area contributed by atoms with E-state index < -0.39 is 0 Å². The molecule has 0 aliphatic carbocycles. The van der Waals surface area contributed by atoms with Gasteiger partial charge in [-0.1, -0.05) is 11.6 Å². The molecule has 0 bridgehead atoms. The first kappa shape index (κ1) is 19.6. The second-order valence-electron chi connectivity index (χ2n) is 6.41. The van der Waals surface area contributed by atoms with Gasteiger partial charge in [0.15, 0.2) is 0 Å². The molecule has 0 atom stereocenters. The molecule has 0 aliphatic rings. The van der Waals surface area contributed by atoms with Crippen LogP contribution in [0.3, 0.4) is 0 Å². The molecule has 0 spiro atoms. The number of likely N-dealkylation sites (N-methyl/N-ethyl adjacent to an activating group) is 1. The van der Waals surface area contributed by atoms with E-state index in [9.17, 15) is 4.79 Å². The highest BCUT2D eigenvalue weighted by Crippen LogP contribution is 2.24. The Labute approximate surface area is 144 Å². The fraction of sp³-hybridized carbons (Fsp3) is 0.588. The zero-order valence-corrected chi connectivity index (χ0v) is 15.7. The van der Waals surface area contributed by atoms with Crippen molar-refractivity contribution in [3.05, 3.63) is 28.8 Å². The number of nitrogens with zero attached hydrogens (tertiary/aromatic N) is 2. The van der Waals surface area contributed by atoms with Gasteiger partial charge in [0.05, 0.1) is 13.2 Å². The summed E-state index contributed by atoms with van der Waals surface area (Å²) in [5.74, 6) is 0.755. The zero-order valence-electron chi connectivity index (χ0n) is 14.9. The number of ether oxygens (including phenoxy) is 1. The highest BCUT2D eigenvalue weighted by Gasteiger charge is 2.22. The molecule has 0 heterocycles. The summed E-state index contributed by atoms with van der Waals surface area (Å²) in [5, 5.41) is 3.59. The lowest BCUT2D eigenvalue weighted by molar-refractivity contribution is 0.174. The number of carbonyl (C=O) groups is 1. The van der Waals surface area contributed by atoms with E-state index in [0.29, 0.717) is 24.7 Å². The van der Waals surface area contributed by atoms with Crippen molar-refractivity contribution in [3.8, 4) is 5.75 Å². The van der Waals surface area contributed by atoms with Crippen molar-refractivity contribution < 1.29 is 9.53 Å². The van der Waals surface area contributed by atoms with Gasteiger partial charge in [0.1, 0.15) is 5.75 Å². The average molecular weight is 342 g/mol. The van der Waals surface area contributed by atoms with Crippen LogP contribution in [0, 0.1) is 0 Å². The van der Waals surface area contributed by atoms with Gasteiger partial charge in [0, 0.05) is 29.7 Å². The van der Waals surface area contributed by atoms with E-state index in [1.807, 2.05) is 33.2 Å². The Morgan fingerprint density at radius 3 is 2.52 bits per heavy atom. The number of hydrogen-bond donors (Lipinski definition) is 1. The molecule has 5 nitrogen and oxygen atoms in total. The standard InChI is InChI=1S/C17H28ClN3O2/c1-7-23-15-9-8-14(18)10-13(15)11-21(6)16(22)19-12-17(2,3)20(4)5/h8-10H,7,11-12H2,1-6H3,(H,19,22). The number of halogens is 1. The number of urea groups is 1. The van der Waals surface area contributed by atoms with Crippen LogP contribution in [0.2, 0.25) is 5.02 Å². The zero-order chi connectivity index (χ0) is 17.6. The maximum Gasteiger partial charge on any atom is 0.317 e. The number of rotatable bonds is 7. The van der Waals surface area contributed by atoms with E-state index in [1.54, 1.807) is 18.0 Å². The van der Waals surface area contributed by atoms with Gasteiger partial charge >= 0.3 is 6.03 Å². The van der Waals surface area contributed by atoms with Gasteiger partial charge in [-0.05, 0) is 53.1 Å². The minimum atomic E-state index is -0.123. The number of nitrogens with one attached hydrogen (secondary N) is 1. The van der Waals surface area contributed by atoms with E-state index in [4.69, 9.17) is 16.3 Å². The molecule has 23 heavy (non-hydrogen) atoms. The molecule has 0 saturated carbocycles. The summed E-state index contributed by atoms with van der Waals surface area (Å²) in [6.45, 7) is 7.66. The monoisotopic (exact) mass is 341 g/mol. The Hall–Kier alpha value is -1.46. The fourth-order valence-corrected chi connectivity index (χ4v) is 2.07. The lowest BCUT2D eigenvalue weighted by Crippen LogP contribution is -2.50. The predicted molar refractivity (Wildman–Crippen MR) is 95.3 cm³/mol. The van der Waals surface area contributed by atoms with E-state index in [-0.39, 0.29) is 11.6 Å². The van der Waals surface area contributed by atoms with Gasteiger partial charge < -0.3 is 19.9 Å². The third-order valence-corrected chi connectivity index (χ3v) is 4.19. The fourth-order valence-electron chi connectivity index (χ4n) is 1.88. The summed E-state index contributed by atoms with van der Waals surface area (Å²) in [6, 6.07) is 5.33. The normalized spacial score (nSPS) is 11.5. The van der Waals surface area contributed by atoms with Gasteiger partial charge in [0.2, 0.25) is 0 Å². The Bertz CT molecular complexity index is 533. The van der Waals surface area contributed by atoms with Crippen LogP contribution in [0.1, 0.15) is 26.3 Å². The van der Waals surface area contributed by atoms with E-state index >= 15 is 0 Å². The predicted octanol–water partition coefficient (Wildman–Crippen LogP) is 3.22. The van der Waals surface area contributed by atoms with Crippen molar-refractivity contribution in [1.82, 2.24) is 15.1 Å². The molecule has 2 amide bonds. The molecule has 0 fully saturated rings. The lowest BCUT2D eigenvalue weighted by Gasteiger charge is -2.33. The quantitative estimate of drug-likeness (QED) is 0.828. The molecule has 1 aromatic rings. The van der Waals surface area contributed by atoms with Gasteiger partial charge in [0.25, 0.3) is 0 Å². The maximum absolute atomic E-state index is 12.3. The van der Waals surface area contributed by atoms with Crippen molar-refractivity contribution in [3.63, 3.8) is 0 Å². The largest absolute Gasteiger partial charge is 0.494 e. The summed E-state index contributed by atoms with van der Waals surface area (Å²) in [6.07, 6.45) is 0. The maximum atomic E-state index is 12.3. The molecule has 0 aliphatic heterocycles. The summed E-state index contributed by atoms with van der Waals surface area (Å²) in [7, 11) is 5.75. The van der Waals surface area contributed by atoms with Crippen molar-refractivity contribution in [2.45, 2.75) is 32.9 Å². The van der Waals surface area contributed by atoms with Gasteiger partial charge in [-0.3, -0.25) is 0 Å². The van der Waals surface area contributed by atoms with Crippen LogP contribution in [0.15, 0.2) is 18.2 Å². The summed E-state index contributed by atoms with van der Waals surface area (Å²) >= 11 is 6.06. The van der Waals surface area contributed by atoms with Crippen LogP contribution >= 0.6 is 11.6 Å². The van der Waals surface area contributed by atoms with E-state index in [0.717, 1.165) is 11.3 Å². The Kier molecular flexibility index (Phi) is 7.16. The molecule has 0 unspecified atom stereocenters. The third kappa shape index (κ3) is 5.92. The van der Waals surface area contributed by atoms with Gasteiger partial charge in [-0.25, -0.2) is 4.79 Å². The molecule has 1 aromatic carbocycles. The minimum Gasteiger partial charge on any atom is -0.494 e. The Morgan fingerprint density at radius 1 is 1.30 bits per heavy atom. The van der Waals surface area contributed by atoms with Crippen molar-refractivity contribution in [1.29, 1.82) is 0 Å². The van der Waals surface area contributed by atoms with Gasteiger partial charge in [-0.2, -0.15) is 0 Å². The van der Waals surface area contributed by atoms with E-state index in [2.05, 4.69) is 24.1 Å². The molecule has 1 N–H and O–H groups in total. The summed E-state index contributed by atoms with van der Waals surface area (Å²) in [5.41, 5.74) is 0.784. The highest BCUT2D eigenvalue weighted by molar-refractivity contribution is 6.30. The Morgan fingerprint density at radius 2 is 1.96 bits per heavy atom. The molecule has 6 heteroatoms. The van der Waals surface area contributed by atoms with Crippen molar-refractivity contribution in [2.24, 2.45) is 0 Å². The first-order chi connectivity index (χ1) is 10.7. The van der Waals surface area contributed by atoms with Crippen molar-refractivity contribution >= 4 is 17.6 Å². The van der Waals surface area contributed by atoms with Crippen LogP contribution in [0.5, 0.6) is 5.75 Å². The average Bonchev–Trinajstić information content (AvgIpc) is 2.47. The molecule has 0 radical (unpaired) electrons. The van der Waals surface area contributed by atoms with Gasteiger partial charge in [-0.15, -0.1) is 0 Å². The van der Waals surface area contributed by atoms with E-state index in [1.165, 1.54) is 0 Å². The molecule has 130 valence electrons. The van der Waals surface area contributed by atoms with Crippen LogP contribution in [-0.4, -0.2) is 55.7 Å². The molecule has 0 aromatic heterocycles. The van der Waals surface area contributed by atoms with Crippen LogP contribution < -0.4 is 10.1 Å². The minimum absolute atomic E-state index is 0.108. The molecule has 1 rings (SSSR count). The summed E-state index contributed by atoms with van der Waals surface area (Å²) in [4.78, 5) is 16.0. The van der Waals surface area contributed by atoms with Crippen LogP contribution in [0.25, 0.3) is 0 Å². The van der Waals surface area contributed by atoms with Crippen LogP contribution in [0.4, 0.5) is 4.79 Å². The second kappa shape index (κ2) is 8.41. The number of hydrogen-bond acceptors (Lipinski definition) is 3. The third-order valence-electron chi connectivity index (χ3n) is 3.96. The first-order valence-electron chi connectivity index (χ1n) is 7.75.